The van der Waals surface area contributed by atoms with Crippen LogP contribution >= 0.6 is 0 Å². The van der Waals surface area contributed by atoms with E-state index in [-0.39, 0.29) is 11.8 Å². The highest BCUT2D eigenvalue weighted by molar-refractivity contribution is 5.30. The molecular formula is C16H26F2N2O. The summed E-state index contributed by atoms with van der Waals surface area (Å²) in [6.45, 7) is 7.68. The lowest BCUT2D eigenvalue weighted by molar-refractivity contribution is -0.0499. The Hall–Kier alpha value is -1.20. The van der Waals surface area contributed by atoms with Crippen LogP contribution in [0.5, 0.6) is 5.75 Å². The van der Waals surface area contributed by atoms with Crippen LogP contribution in [0.2, 0.25) is 0 Å². The maximum absolute atomic E-state index is 12.2. The average molecular weight is 300 g/mol. The van der Waals surface area contributed by atoms with Crippen molar-refractivity contribution in [2.24, 2.45) is 0 Å². The molecule has 0 amide bonds. The molecule has 0 bridgehead atoms. The molecule has 1 N–H and O–H groups in total. The van der Waals surface area contributed by atoms with Crippen molar-refractivity contribution in [2.75, 3.05) is 26.2 Å². The van der Waals surface area contributed by atoms with E-state index in [4.69, 9.17) is 0 Å². The van der Waals surface area contributed by atoms with Crippen LogP contribution in [0.3, 0.4) is 0 Å². The van der Waals surface area contributed by atoms with Gasteiger partial charge in [0.2, 0.25) is 0 Å². The monoisotopic (exact) mass is 300 g/mol. The molecule has 1 rings (SSSR count). The van der Waals surface area contributed by atoms with Gasteiger partial charge in [-0.15, -0.1) is 0 Å². The summed E-state index contributed by atoms with van der Waals surface area (Å²) < 4.78 is 28.8. The number of hydrogen-bond donors (Lipinski definition) is 1. The minimum absolute atomic E-state index is 0.114. The van der Waals surface area contributed by atoms with Gasteiger partial charge in [0.25, 0.3) is 0 Å². The fourth-order valence-electron chi connectivity index (χ4n) is 2.24. The number of ether oxygens (including phenoxy) is 1. The topological polar surface area (TPSA) is 24.5 Å². The Morgan fingerprint density at radius 3 is 2.57 bits per heavy atom. The van der Waals surface area contributed by atoms with Crippen molar-refractivity contribution in [1.82, 2.24) is 10.2 Å². The summed E-state index contributed by atoms with van der Waals surface area (Å²) >= 11 is 0. The van der Waals surface area contributed by atoms with Gasteiger partial charge >= 0.3 is 6.61 Å². The molecule has 3 nitrogen and oxygen atoms in total. The van der Waals surface area contributed by atoms with E-state index in [1.807, 2.05) is 13.0 Å². The summed E-state index contributed by atoms with van der Waals surface area (Å²) in [6, 6.07) is 6.97. The molecule has 21 heavy (non-hydrogen) atoms. The average Bonchev–Trinajstić information content (AvgIpc) is 2.47. The van der Waals surface area contributed by atoms with Crippen molar-refractivity contribution in [3.63, 3.8) is 0 Å². The largest absolute Gasteiger partial charge is 0.435 e. The molecule has 1 unspecified atom stereocenters. The number of rotatable bonds is 10. The van der Waals surface area contributed by atoms with Crippen molar-refractivity contribution < 1.29 is 13.5 Å². The van der Waals surface area contributed by atoms with E-state index in [1.54, 1.807) is 18.2 Å². The SMILES string of the molecule is CCN(CC)CCCNC(C)c1cccc(OC(F)F)c1. The Balaban J connectivity index is 2.39. The zero-order valence-corrected chi connectivity index (χ0v) is 13.1. The smallest absolute Gasteiger partial charge is 0.387 e. The summed E-state index contributed by atoms with van der Waals surface area (Å²) in [7, 11) is 0. The lowest BCUT2D eigenvalue weighted by Crippen LogP contribution is -2.28. The first kappa shape index (κ1) is 17.9. The fraction of sp³-hybridized carbons (Fsp3) is 0.625. The van der Waals surface area contributed by atoms with Gasteiger partial charge in [-0.2, -0.15) is 8.78 Å². The molecule has 0 aliphatic heterocycles. The van der Waals surface area contributed by atoms with Crippen LogP contribution < -0.4 is 10.1 Å². The predicted octanol–water partition coefficient (Wildman–Crippen LogP) is 3.67. The van der Waals surface area contributed by atoms with Crippen molar-refractivity contribution in [3.8, 4) is 5.75 Å². The van der Waals surface area contributed by atoms with Crippen molar-refractivity contribution in [1.29, 1.82) is 0 Å². The van der Waals surface area contributed by atoms with Gasteiger partial charge in [-0.3, -0.25) is 0 Å². The second-order valence-electron chi connectivity index (χ2n) is 5.01. The quantitative estimate of drug-likeness (QED) is 0.667. The summed E-state index contributed by atoms with van der Waals surface area (Å²) in [4.78, 5) is 2.38. The third kappa shape index (κ3) is 6.87. The second kappa shape index (κ2) is 9.68. The Bertz CT molecular complexity index is 398. The van der Waals surface area contributed by atoms with Gasteiger partial charge in [0.15, 0.2) is 0 Å². The summed E-state index contributed by atoms with van der Waals surface area (Å²) in [5.41, 5.74) is 0.955. The van der Waals surface area contributed by atoms with Crippen LogP contribution in [-0.4, -0.2) is 37.7 Å². The van der Waals surface area contributed by atoms with Gasteiger partial charge in [-0.1, -0.05) is 26.0 Å². The molecule has 5 heteroatoms. The molecule has 120 valence electrons. The zero-order chi connectivity index (χ0) is 15.7. The molecule has 0 aromatic heterocycles. The lowest BCUT2D eigenvalue weighted by Gasteiger charge is -2.19. The highest BCUT2D eigenvalue weighted by atomic mass is 19.3. The molecule has 1 aromatic rings. The van der Waals surface area contributed by atoms with E-state index in [1.165, 1.54) is 0 Å². The Morgan fingerprint density at radius 1 is 1.24 bits per heavy atom. The normalized spacial score (nSPS) is 12.9. The van der Waals surface area contributed by atoms with Gasteiger partial charge in [0.1, 0.15) is 5.75 Å². The summed E-state index contributed by atoms with van der Waals surface area (Å²) in [6.07, 6.45) is 1.07. The number of hydrogen-bond acceptors (Lipinski definition) is 3. The van der Waals surface area contributed by atoms with E-state index in [9.17, 15) is 8.78 Å². The standard InChI is InChI=1S/C16H26F2N2O/c1-4-20(5-2)11-7-10-19-13(3)14-8-6-9-15(12-14)21-16(17)18/h6,8-9,12-13,16,19H,4-5,7,10-11H2,1-3H3. The van der Waals surface area contributed by atoms with Gasteiger partial charge in [0.05, 0.1) is 0 Å². The molecule has 0 saturated heterocycles. The van der Waals surface area contributed by atoms with E-state index in [0.717, 1.165) is 38.2 Å². The van der Waals surface area contributed by atoms with Gasteiger partial charge in [0, 0.05) is 6.04 Å². The minimum atomic E-state index is -2.78. The van der Waals surface area contributed by atoms with Crippen LogP contribution in [0.1, 0.15) is 38.8 Å². The molecule has 1 aromatic carbocycles. The number of halogens is 2. The third-order valence-electron chi connectivity index (χ3n) is 3.58. The summed E-state index contributed by atoms with van der Waals surface area (Å²) in [5.74, 6) is 0.208. The van der Waals surface area contributed by atoms with Gasteiger partial charge in [-0.25, -0.2) is 0 Å². The molecular weight excluding hydrogens is 274 g/mol. The number of alkyl halides is 2. The molecule has 0 radical (unpaired) electrons. The van der Waals surface area contributed by atoms with E-state index in [2.05, 4.69) is 28.8 Å². The number of nitrogens with zero attached hydrogens (tertiary/aromatic N) is 1. The first-order valence-electron chi connectivity index (χ1n) is 7.57. The molecule has 0 saturated carbocycles. The predicted molar refractivity (Wildman–Crippen MR) is 81.9 cm³/mol. The lowest BCUT2D eigenvalue weighted by atomic mass is 10.1. The van der Waals surface area contributed by atoms with Gasteiger partial charge in [-0.05, 0) is 57.2 Å². The van der Waals surface area contributed by atoms with Crippen molar-refractivity contribution >= 4 is 0 Å². The van der Waals surface area contributed by atoms with Crippen LogP contribution in [-0.2, 0) is 0 Å². The molecule has 0 spiro atoms. The fourth-order valence-corrected chi connectivity index (χ4v) is 2.24. The third-order valence-corrected chi connectivity index (χ3v) is 3.58. The second-order valence-corrected chi connectivity index (χ2v) is 5.01. The Morgan fingerprint density at radius 2 is 1.95 bits per heavy atom. The molecule has 0 aliphatic rings. The Labute approximate surface area is 126 Å². The maximum Gasteiger partial charge on any atom is 0.387 e. The highest BCUT2D eigenvalue weighted by Crippen LogP contribution is 2.20. The number of nitrogens with one attached hydrogen (secondary N) is 1. The van der Waals surface area contributed by atoms with Gasteiger partial charge < -0.3 is 15.0 Å². The highest BCUT2D eigenvalue weighted by Gasteiger charge is 2.08. The first-order chi connectivity index (χ1) is 10.1. The van der Waals surface area contributed by atoms with Crippen LogP contribution in [0, 0.1) is 0 Å². The summed E-state index contributed by atoms with van der Waals surface area (Å²) in [5, 5.41) is 3.41. The molecule has 1 atom stereocenters. The molecule has 0 fully saturated rings. The Kier molecular flexibility index (Phi) is 8.23. The zero-order valence-electron chi connectivity index (χ0n) is 13.1. The first-order valence-corrected chi connectivity index (χ1v) is 7.57. The minimum Gasteiger partial charge on any atom is -0.435 e. The van der Waals surface area contributed by atoms with Crippen LogP contribution in [0.25, 0.3) is 0 Å². The molecule has 0 aliphatic carbocycles. The number of benzene rings is 1. The van der Waals surface area contributed by atoms with Crippen LogP contribution in [0.4, 0.5) is 8.78 Å². The van der Waals surface area contributed by atoms with E-state index in [0.29, 0.717) is 0 Å². The van der Waals surface area contributed by atoms with Crippen molar-refractivity contribution in [2.45, 2.75) is 39.8 Å². The van der Waals surface area contributed by atoms with E-state index >= 15 is 0 Å². The maximum atomic E-state index is 12.2. The molecule has 0 heterocycles. The van der Waals surface area contributed by atoms with Crippen molar-refractivity contribution in [3.05, 3.63) is 29.8 Å². The van der Waals surface area contributed by atoms with E-state index < -0.39 is 6.61 Å². The van der Waals surface area contributed by atoms with Crippen LogP contribution in [0.15, 0.2) is 24.3 Å².